The summed E-state index contributed by atoms with van der Waals surface area (Å²) in [6, 6.07) is 4.79. The van der Waals surface area contributed by atoms with Gasteiger partial charge in [-0.25, -0.2) is 0 Å². The zero-order chi connectivity index (χ0) is 14.5. The van der Waals surface area contributed by atoms with Crippen LogP contribution in [0, 0.1) is 16.0 Å². The summed E-state index contributed by atoms with van der Waals surface area (Å²) in [5.74, 6) is 0.772. The van der Waals surface area contributed by atoms with Crippen molar-refractivity contribution in [3.8, 4) is 0 Å². The summed E-state index contributed by atoms with van der Waals surface area (Å²) in [6.07, 6.45) is 3.63. The molecule has 1 saturated heterocycles. The van der Waals surface area contributed by atoms with Crippen LogP contribution in [0.3, 0.4) is 0 Å². The van der Waals surface area contributed by atoms with Gasteiger partial charge in [-0.15, -0.1) is 0 Å². The summed E-state index contributed by atoms with van der Waals surface area (Å²) in [5.41, 5.74) is 6.68. The topological polar surface area (TPSA) is 84.4 Å². The molecule has 0 unspecified atom stereocenters. The molecular weight excluding hydrogens is 256 g/mol. The number of benzene rings is 1. The monoisotopic (exact) mass is 278 g/mol. The van der Waals surface area contributed by atoms with Crippen molar-refractivity contribution in [2.24, 2.45) is 5.92 Å². The largest absolute Gasteiger partial charge is 0.393 e. The quantitative estimate of drug-likeness (QED) is 0.490. The number of likely N-dealkylation sites (tertiary alicyclic amines) is 1. The molecule has 0 aromatic heterocycles. The highest BCUT2D eigenvalue weighted by molar-refractivity contribution is 5.65. The predicted octanol–water partition coefficient (Wildman–Crippen LogP) is 2.32. The molecule has 1 fully saturated rings. The Bertz CT molecular complexity index is 470. The lowest BCUT2D eigenvalue weighted by atomic mass is 9.94. The number of hydrogen-bond donors (Lipinski definition) is 2. The first kappa shape index (κ1) is 14.6. The lowest BCUT2D eigenvalue weighted by molar-refractivity contribution is -0.383. The number of nitrogens with one attached hydrogen (secondary N) is 1. The molecule has 3 N–H and O–H groups in total. The fourth-order valence-corrected chi connectivity index (χ4v) is 2.60. The number of piperidine rings is 1. The Hall–Kier alpha value is -1.82. The van der Waals surface area contributed by atoms with Crippen molar-refractivity contribution < 1.29 is 4.92 Å². The van der Waals surface area contributed by atoms with Crippen LogP contribution in [0.5, 0.6) is 0 Å². The van der Waals surface area contributed by atoms with Gasteiger partial charge < -0.3 is 16.0 Å². The molecule has 1 aromatic rings. The van der Waals surface area contributed by atoms with E-state index in [0.29, 0.717) is 0 Å². The second-order valence-corrected chi connectivity index (χ2v) is 5.49. The lowest BCUT2D eigenvalue weighted by Crippen LogP contribution is -2.30. The summed E-state index contributed by atoms with van der Waals surface area (Å²) in [5, 5.41) is 14.0. The molecule has 1 aliphatic heterocycles. The molecule has 0 spiro atoms. The van der Waals surface area contributed by atoms with E-state index in [1.165, 1.54) is 32.0 Å². The number of nitrogen functional groups attached to an aromatic ring is 1. The van der Waals surface area contributed by atoms with Crippen molar-refractivity contribution in [1.29, 1.82) is 0 Å². The van der Waals surface area contributed by atoms with E-state index in [0.717, 1.165) is 24.6 Å². The van der Waals surface area contributed by atoms with Gasteiger partial charge in [0.25, 0.3) is 5.69 Å². The molecule has 2 rings (SSSR count). The molecule has 6 heteroatoms. The average molecular weight is 278 g/mol. The van der Waals surface area contributed by atoms with E-state index in [1.54, 1.807) is 12.1 Å². The van der Waals surface area contributed by atoms with E-state index < -0.39 is 4.92 Å². The number of hydrogen-bond acceptors (Lipinski definition) is 5. The SMILES string of the molecule is CN1CCC(CCNc2ccc([N+](=O)[O-])c(N)c2)CC1. The highest BCUT2D eigenvalue weighted by atomic mass is 16.6. The van der Waals surface area contributed by atoms with E-state index in [9.17, 15) is 10.1 Å². The zero-order valence-electron chi connectivity index (χ0n) is 11.8. The maximum Gasteiger partial charge on any atom is 0.292 e. The van der Waals surface area contributed by atoms with Crippen LogP contribution in [-0.4, -0.2) is 36.5 Å². The summed E-state index contributed by atoms with van der Waals surface area (Å²) in [6.45, 7) is 3.23. The smallest absolute Gasteiger partial charge is 0.292 e. The van der Waals surface area contributed by atoms with E-state index in [1.807, 2.05) is 0 Å². The minimum atomic E-state index is -0.461. The van der Waals surface area contributed by atoms with Gasteiger partial charge >= 0.3 is 0 Å². The summed E-state index contributed by atoms with van der Waals surface area (Å²) in [7, 11) is 2.16. The number of anilines is 2. The molecule has 0 saturated carbocycles. The van der Waals surface area contributed by atoms with Gasteiger partial charge in [0, 0.05) is 18.3 Å². The third-order valence-electron chi connectivity index (χ3n) is 3.94. The first-order valence-electron chi connectivity index (χ1n) is 7.02. The molecular formula is C14H22N4O2. The zero-order valence-corrected chi connectivity index (χ0v) is 11.8. The van der Waals surface area contributed by atoms with Gasteiger partial charge in [0.05, 0.1) is 4.92 Å². The Balaban J connectivity index is 1.79. The normalized spacial score (nSPS) is 17.1. The molecule has 1 aromatic carbocycles. The van der Waals surface area contributed by atoms with Crippen LogP contribution < -0.4 is 11.1 Å². The first-order chi connectivity index (χ1) is 9.56. The van der Waals surface area contributed by atoms with Crippen LogP contribution in [0.15, 0.2) is 18.2 Å². The maximum absolute atomic E-state index is 10.7. The molecule has 110 valence electrons. The highest BCUT2D eigenvalue weighted by Gasteiger charge is 2.16. The van der Waals surface area contributed by atoms with E-state index >= 15 is 0 Å². The van der Waals surface area contributed by atoms with Gasteiger partial charge in [-0.3, -0.25) is 10.1 Å². The fraction of sp³-hybridized carbons (Fsp3) is 0.571. The van der Waals surface area contributed by atoms with Gasteiger partial charge in [0.15, 0.2) is 0 Å². The first-order valence-corrected chi connectivity index (χ1v) is 7.02. The van der Waals surface area contributed by atoms with Crippen LogP contribution in [0.2, 0.25) is 0 Å². The van der Waals surface area contributed by atoms with Crippen LogP contribution >= 0.6 is 0 Å². The predicted molar refractivity (Wildman–Crippen MR) is 80.8 cm³/mol. The van der Waals surface area contributed by atoms with E-state index in [2.05, 4.69) is 17.3 Å². The van der Waals surface area contributed by atoms with Crippen molar-refractivity contribution in [3.05, 3.63) is 28.3 Å². The summed E-state index contributed by atoms with van der Waals surface area (Å²) >= 11 is 0. The average Bonchev–Trinajstić information content (AvgIpc) is 2.41. The standard InChI is InChI=1S/C14H22N4O2/c1-17-8-5-11(6-9-17)4-7-16-12-2-3-14(18(19)20)13(15)10-12/h2-3,10-11,16H,4-9,15H2,1H3. The van der Waals surface area contributed by atoms with E-state index in [-0.39, 0.29) is 11.4 Å². The number of nitrogens with zero attached hydrogens (tertiary/aromatic N) is 2. The van der Waals surface area contributed by atoms with Crippen molar-refractivity contribution in [1.82, 2.24) is 4.90 Å². The minimum Gasteiger partial charge on any atom is -0.393 e. The Labute approximate surface area is 119 Å². The van der Waals surface area contributed by atoms with Crippen molar-refractivity contribution >= 4 is 17.1 Å². The van der Waals surface area contributed by atoms with Gasteiger partial charge in [-0.1, -0.05) is 0 Å². The molecule has 0 aliphatic carbocycles. The maximum atomic E-state index is 10.7. The Kier molecular flexibility index (Phi) is 4.79. The number of rotatable bonds is 5. The van der Waals surface area contributed by atoms with Crippen LogP contribution in [0.1, 0.15) is 19.3 Å². The molecule has 0 amide bonds. The number of nitrogens with two attached hydrogens (primary N) is 1. The van der Waals surface area contributed by atoms with E-state index in [4.69, 9.17) is 5.73 Å². The molecule has 0 radical (unpaired) electrons. The van der Waals surface area contributed by atoms with Crippen molar-refractivity contribution in [2.75, 3.05) is 37.7 Å². The van der Waals surface area contributed by atoms with Crippen molar-refractivity contribution in [2.45, 2.75) is 19.3 Å². The fourth-order valence-electron chi connectivity index (χ4n) is 2.60. The lowest BCUT2D eigenvalue weighted by Gasteiger charge is -2.29. The molecule has 1 heterocycles. The third-order valence-corrected chi connectivity index (χ3v) is 3.94. The third kappa shape index (κ3) is 3.84. The summed E-state index contributed by atoms with van der Waals surface area (Å²) in [4.78, 5) is 12.6. The Morgan fingerprint density at radius 3 is 2.75 bits per heavy atom. The van der Waals surface area contributed by atoms with Crippen LogP contribution in [0.4, 0.5) is 17.1 Å². The Morgan fingerprint density at radius 1 is 1.45 bits per heavy atom. The minimum absolute atomic E-state index is 0.0362. The van der Waals surface area contributed by atoms with Crippen LogP contribution in [0.25, 0.3) is 0 Å². The summed E-state index contributed by atoms with van der Waals surface area (Å²) < 4.78 is 0. The van der Waals surface area contributed by atoms with Gasteiger partial charge in [-0.05, 0) is 57.5 Å². The Morgan fingerprint density at radius 2 is 2.15 bits per heavy atom. The molecule has 1 aliphatic rings. The van der Waals surface area contributed by atoms with Gasteiger partial charge in [0.1, 0.15) is 5.69 Å². The van der Waals surface area contributed by atoms with Crippen molar-refractivity contribution in [3.63, 3.8) is 0 Å². The number of nitro benzene ring substituents is 1. The highest BCUT2D eigenvalue weighted by Crippen LogP contribution is 2.25. The molecule has 0 bridgehead atoms. The number of nitro groups is 1. The molecule has 20 heavy (non-hydrogen) atoms. The van der Waals surface area contributed by atoms with Gasteiger partial charge in [0.2, 0.25) is 0 Å². The van der Waals surface area contributed by atoms with Crippen LogP contribution in [-0.2, 0) is 0 Å². The molecule has 6 nitrogen and oxygen atoms in total. The second-order valence-electron chi connectivity index (χ2n) is 5.49. The molecule has 0 atom stereocenters. The van der Waals surface area contributed by atoms with Gasteiger partial charge in [-0.2, -0.15) is 0 Å². The second kappa shape index (κ2) is 6.56.